The van der Waals surface area contributed by atoms with Gasteiger partial charge in [0.05, 0.1) is 24.9 Å². The molecule has 0 spiro atoms. The van der Waals surface area contributed by atoms with Crippen molar-refractivity contribution < 1.29 is 26.7 Å². The molecule has 1 aromatic carbocycles. The summed E-state index contributed by atoms with van der Waals surface area (Å²) in [5.41, 5.74) is 0.205. The van der Waals surface area contributed by atoms with Gasteiger partial charge in [0, 0.05) is 34.9 Å². The molecular formula is C24H19F5N4O3S. The number of alkyl halides is 5. The number of hydrogen-bond donors (Lipinski definition) is 1. The predicted molar refractivity (Wildman–Crippen MR) is 129 cm³/mol. The molecule has 1 fully saturated rings. The van der Waals surface area contributed by atoms with Crippen LogP contribution in [0.2, 0.25) is 0 Å². The maximum absolute atomic E-state index is 13.1. The number of thiophene rings is 1. The second kappa shape index (κ2) is 8.98. The van der Waals surface area contributed by atoms with Crippen LogP contribution in [0.4, 0.5) is 27.6 Å². The third kappa shape index (κ3) is 5.08. The summed E-state index contributed by atoms with van der Waals surface area (Å²) < 4.78 is 71.1. The van der Waals surface area contributed by atoms with Crippen LogP contribution in [0.5, 0.6) is 11.6 Å². The first-order valence-electron chi connectivity index (χ1n) is 11.1. The summed E-state index contributed by atoms with van der Waals surface area (Å²) in [6.07, 6.45) is -4.17. The molecule has 3 aromatic heterocycles. The smallest absolute Gasteiger partial charge is 0.390 e. The van der Waals surface area contributed by atoms with Crippen molar-refractivity contribution in [2.24, 2.45) is 0 Å². The van der Waals surface area contributed by atoms with E-state index >= 15 is 0 Å². The van der Waals surface area contributed by atoms with Gasteiger partial charge in [-0.3, -0.25) is 14.3 Å². The minimum atomic E-state index is -4.46. The lowest BCUT2D eigenvalue weighted by Gasteiger charge is -2.40. The lowest BCUT2D eigenvalue weighted by molar-refractivity contribution is -0.136. The maximum Gasteiger partial charge on any atom is 0.390 e. The summed E-state index contributed by atoms with van der Waals surface area (Å²) in [7, 11) is 0. The van der Waals surface area contributed by atoms with Gasteiger partial charge in [-0.05, 0) is 42.8 Å². The second-order valence-corrected chi connectivity index (χ2v) is 9.70. The van der Waals surface area contributed by atoms with Crippen LogP contribution in [0.25, 0.3) is 20.7 Å². The number of nitrogens with zero attached hydrogens (tertiary/aromatic N) is 3. The van der Waals surface area contributed by atoms with E-state index in [2.05, 4.69) is 9.97 Å². The van der Waals surface area contributed by atoms with E-state index < -0.39 is 36.3 Å². The highest BCUT2D eigenvalue weighted by Crippen LogP contribution is 2.37. The van der Waals surface area contributed by atoms with E-state index in [-0.39, 0.29) is 29.2 Å². The van der Waals surface area contributed by atoms with E-state index in [0.717, 1.165) is 15.9 Å². The predicted octanol–water partition coefficient (Wildman–Crippen LogP) is 5.32. The zero-order valence-electron chi connectivity index (χ0n) is 19.2. The number of pyridine rings is 1. The number of aromatic amines is 1. The van der Waals surface area contributed by atoms with E-state index in [9.17, 15) is 31.5 Å². The number of aryl methyl sites for hydroxylation is 2. The molecule has 0 saturated carbocycles. The van der Waals surface area contributed by atoms with Crippen molar-refractivity contribution in [3.63, 3.8) is 0 Å². The topological polar surface area (TPSA) is 80.2 Å². The van der Waals surface area contributed by atoms with Gasteiger partial charge in [0.1, 0.15) is 10.6 Å². The Bertz CT molecular complexity index is 1570. The van der Waals surface area contributed by atoms with Gasteiger partial charge in [-0.2, -0.15) is 13.2 Å². The number of nitrogens with one attached hydrogen (secondary N) is 1. The number of fused-ring (bicyclic) bond motifs is 1. The minimum absolute atomic E-state index is 0.155. The molecule has 4 aromatic rings. The van der Waals surface area contributed by atoms with Gasteiger partial charge in [0.25, 0.3) is 11.5 Å². The normalized spacial score (nSPS) is 15.1. The Morgan fingerprint density at radius 3 is 2.41 bits per heavy atom. The van der Waals surface area contributed by atoms with Crippen molar-refractivity contribution >= 4 is 27.2 Å². The Hall–Kier alpha value is -3.74. The molecule has 1 aliphatic rings. The number of H-pyrrole nitrogens is 1. The highest BCUT2D eigenvalue weighted by atomic mass is 32.1. The monoisotopic (exact) mass is 538 g/mol. The molecule has 37 heavy (non-hydrogen) atoms. The lowest BCUT2D eigenvalue weighted by Crippen LogP contribution is -2.56. The standard InChI is InChI=1S/C24H19F5N4O3S/c1-13-18-20(34)31-22(35)33(9-8-24(27,28)29)21(18)37-19(13)14-2-7-17(30-10-14)36-16-5-3-15(4-6-16)32-11-23(25,26)12-32/h2-7,10H,8-9,11-12H2,1H3,(H,31,34,35). The molecular weight excluding hydrogens is 519 g/mol. The highest BCUT2D eigenvalue weighted by Gasteiger charge is 2.43. The number of ether oxygens (including phenoxy) is 1. The highest BCUT2D eigenvalue weighted by molar-refractivity contribution is 7.22. The molecule has 1 saturated heterocycles. The average Bonchev–Trinajstić information content (AvgIpc) is 3.15. The van der Waals surface area contributed by atoms with Crippen LogP contribution in [-0.4, -0.2) is 39.7 Å². The number of halogens is 5. The summed E-state index contributed by atoms with van der Waals surface area (Å²) in [5.74, 6) is -1.96. The van der Waals surface area contributed by atoms with Crippen LogP contribution < -0.4 is 20.9 Å². The fourth-order valence-corrected chi connectivity index (χ4v) is 5.43. The Balaban J connectivity index is 1.37. The zero-order valence-corrected chi connectivity index (χ0v) is 20.1. The molecule has 1 N–H and O–H groups in total. The third-order valence-electron chi connectivity index (χ3n) is 5.95. The van der Waals surface area contributed by atoms with E-state index in [1.165, 1.54) is 6.20 Å². The summed E-state index contributed by atoms with van der Waals surface area (Å²) in [6.45, 7) is 0.399. The molecule has 5 rings (SSSR count). The molecule has 7 nitrogen and oxygen atoms in total. The molecule has 0 bridgehead atoms. The van der Waals surface area contributed by atoms with Crippen LogP contribution in [0.1, 0.15) is 12.0 Å². The average molecular weight is 538 g/mol. The van der Waals surface area contributed by atoms with Crippen LogP contribution in [-0.2, 0) is 6.54 Å². The van der Waals surface area contributed by atoms with Crippen molar-refractivity contribution in [2.75, 3.05) is 18.0 Å². The third-order valence-corrected chi connectivity index (χ3v) is 7.32. The van der Waals surface area contributed by atoms with Gasteiger partial charge in [-0.25, -0.2) is 18.6 Å². The molecule has 1 aliphatic heterocycles. The lowest BCUT2D eigenvalue weighted by atomic mass is 10.1. The summed E-state index contributed by atoms with van der Waals surface area (Å²) in [4.78, 5) is 33.3. The first kappa shape index (κ1) is 24.9. The molecule has 13 heteroatoms. The van der Waals surface area contributed by atoms with Gasteiger partial charge in [-0.1, -0.05) is 0 Å². The number of benzene rings is 1. The molecule has 0 amide bonds. The molecule has 0 radical (unpaired) electrons. The van der Waals surface area contributed by atoms with Gasteiger partial charge in [-0.15, -0.1) is 11.3 Å². The van der Waals surface area contributed by atoms with Crippen LogP contribution in [0, 0.1) is 6.92 Å². The van der Waals surface area contributed by atoms with Crippen molar-refractivity contribution in [1.29, 1.82) is 0 Å². The van der Waals surface area contributed by atoms with Gasteiger partial charge in [0.2, 0.25) is 5.88 Å². The van der Waals surface area contributed by atoms with Crippen LogP contribution in [0.3, 0.4) is 0 Å². The summed E-state index contributed by atoms with van der Waals surface area (Å²) in [6, 6.07) is 9.91. The summed E-state index contributed by atoms with van der Waals surface area (Å²) >= 11 is 1.04. The second-order valence-electron chi connectivity index (χ2n) is 8.71. The molecule has 4 heterocycles. The quantitative estimate of drug-likeness (QED) is 0.336. The summed E-state index contributed by atoms with van der Waals surface area (Å²) in [5, 5.41) is 0.155. The molecule has 194 valence electrons. The number of anilines is 1. The Morgan fingerprint density at radius 1 is 1.11 bits per heavy atom. The van der Waals surface area contributed by atoms with E-state index in [4.69, 9.17) is 4.74 Å². The number of hydrogen-bond acceptors (Lipinski definition) is 6. The van der Waals surface area contributed by atoms with Crippen molar-refractivity contribution in [3.05, 3.63) is 69.0 Å². The fraction of sp³-hybridized carbons (Fsp3) is 0.292. The fourth-order valence-electron chi connectivity index (χ4n) is 4.11. The van der Waals surface area contributed by atoms with E-state index in [1.807, 2.05) is 0 Å². The first-order valence-corrected chi connectivity index (χ1v) is 11.9. The largest absolute Gasteiger partial charge is 0.439 e. The molecule has 0 unspecified atom stereocenters. The van der Waals surface area contributed by atoms with Gasteiger partial charge < -0.3 is 9.64 Å². The maximum atomic E-state index is 13.1. The zero-order chi connectivity index (χ0) is 26.5. The first-order chi connectivity index (χ1) is 17.4. The Morgan fingerprint density at radius 2 is 1.81 bits per heavy atom. The SMILES string of the molecule is Cc1c(-c2ccc(Oc3ccc(N4CC(F)(F)C4)cc3)nc2)sc2c1c(=O)[nH]c(=O)n2CCC(F)(F)F. The molecule has 0 atom stereocenters. The Kier molecular flexibility index (Phi) is 6.05. The van der Waals surface area contributed by atoms with E-state index in [0.29, 0.717) is 27.4 Å². The number of rotatable bonds is 6. The van der Waals surface area contributed by atoms with Crippen LogP contribution >= 0.6 is 11.3 Å². The van der Waals surface area contributed by atoms with Crippen molar-refractivity contribution in [2.45, 2.75) is 32.0 Å². The van der Waals surface area contributed by atoms with Gasteiger partial charge >= 0.3 is 11.9 Å². The Labute approximate surface area is 209 Å². The van der Waals surface area contributed by atoms with Crippen molar-refractivity contribution in [3.8, 4) is 22.1 Å². The number of aromatic nitrogens is 3. The van der Waals surface area contributed by atoms with Crippen molar-refractivity contribution in [1.82, 2.24) is 14.5 Å². The molecule has 0 aliphatic carbocycles. The van der Waals surface area contributed by atoms with E-state index in [1.54, 1.807) is 48.2 Å². The van der Waals surface area contributed by atoms with Gasteiger partial charge in [0.15, 0.2) is 0 Å². The van der Waals surface area contributed by atoms with Crippen LogP contribution in [0.15, 0.2) is 52.2 Å². The minimum Gasteiger partial charge on any atom is -0.439 e.